The van der Waals surface area contributed by atoms with Crippen LogP contribution >= 0.6 is 11.8 Å². The van der Waals surface area contributed by atoms with Crippen LogP contribution in [-0.4, -0.2) is 25.4 Å². The molecule has 0 bridgehead atoms. The Bertz CT molecular complexity index is 1660. The SMILES string of the molecule is CC(C)(C)Sc1c(CC(C)(C)C(=O)O)n(Cc2ccc(C3(C)C=CC=CN3)cc2)c2ccc(OCc3ccccn3)cc12. The van der Waals surface area contributed by atoms with Crippen molar-refractivity contribution in [1.82, 2.24) is 14.9 Å². The summed E-state index contributed by atoms with van der Waals surface area (Å²) in [4.78, 5) is 17.8. The Morgan fingerprint density at radius 2 is 1.81 bits per heavy atom. The van der Waals surface area contributed by atoms with Crippen LogP contribution < -0.4 is 10.1 Å². The Labute approximate surface area is 258 Å². The summed E-state index contributed by atoms with van der Waals surface area (Å²) >= 11 is 1.78. The number of carboxylic acids is 1. The zero-order valence-electron chi connectivity index (χ0n) is 25.8. The van der Waals surface area contributed by atoms with Gasteiger partial charge in [0.05, 0.1) is 16.6 Å². The van der Waals surface area contributed by atoms with Crippen LogP contribution in [0.1, 0.15) is 64.1 Å². The molecule has 0 saturated carbocycles. The number of hydrogen-bond donors (Lipinski definition) is 2. The normalized spacial score (nSPS) is 16.8. The molecule has 6 nitrogen and oxygen atoms in total. The summed E-state index contributed by atoms with van der Waals surface area (Å²) in [6, 6.07) is 20.7. The summed E-state index contributed by atoms with van der Waals surface area (Å²) in [6.45, 7) is 13.3. The summed E-state index contributed by atoms with van der Waals surface area (Å²) < 4.78 is 8.40. The lowest BCUT2D eigenvalue weighted by Crippen LogP contribution is -2.35. The monoisotopic (exact) mass is 595 g/mol. The topological polar surface area (TPSA) is 76.4 Å². The quantitative estimate of drug-likeness (QED) is 0.181. The first-order chi connectivity index (χ1) is 20.3. The summed E-state index contributed by atoms with van der Waals surface area (Å²) in [5, 5.41) is 14.7. The first kappa shape index (κ1) is 30.5. The van der Waals surface area contributed by atoms with Crippen molar-refractivity contribution in [3.8, 4) is 5.75 Å². The van der Waals surface area contributed by atoms with Gasteiger partial charge in [0.15, 0.2) is 0 Å². The number of benzene rings is 2. The average Bonchev–Trinajstić information content (AvgIpc) is 3.22. The van der Waals surface area contributed by atoms with Crippen LogP contribution in [0.25, 0.3) is 10.9 Å². The van der Waals surface area contributed by atoms with Crippen molar-refractivity contribution in [3.05, 3.63) is 114 Å². The largest absolute Gasteiger partial charge is 0.487 e. The number of allylic oxidation sites excluding steroid dienone is 2. The number of nitrogens with zero attached hydrogens (tertiary/aromatic N) is 2. The number of thioether (sulfide) groups is 1. The van der Waals surface area contributed by atoms with Crippen molar-refractivity contribution < 1.29 is 14.6 Å². The molecule has 224 valence electrons. The highest BCUT2D eigenvalue weighted by Gasteiger charge is 2.33. The first-order valence-corrected chi connectivity index (χ1v) is 15.5. The second-order valence-corrected chi connectivity index (χ2v) is 14.8. The number of ether oxygens (including phenoxy) is 1. The van der Waals surface area contributed by atoms with Gasteiger partial charge in [-0.15, -0.1) is 11.8 Å². The number of fused-ring (bicyclic) bond motifs is 1. The molecule has 7 heteroatoms. The Morgan fingerprint density at radius 1 is 1.05 bits per heavy atom. The number of hydrogen-bond acceptors (Lipinski definition) is 5. The van der Waals surface area contributed by atoms with Crippen molar-refractivity contribution in [2.75, 3.05) is 0 Å². The molecule has 2 aromatic heterocycles. The highest BCUT2D eigenvalue weighted by Crippen LogP contribution is 2.44. The van der Waals surface area contributed by atoms with E-state index in [0.29, 0.717) is 19.6 Å². The molecule has 4 aromatic rings. The van der Waals surface area contributed by atoms with Crippen LogP contribution in [0.15, 0.2) is 96.2 Å². The van der Waals surface area contributed by atoms with Crippen LogP contribution in [0, 0.1) is 5.41 Å². The predicted molar refractivity (Wildman–Crippen MR) is 176 cm³/mol. The molecule has 2 N–H and O–H groups in total. The van der Waals surface area contributed by atoms with Crippen LogP contribution in [0.5, 0.6) is 5.75 Å². The molecular weight excluding hydrogens is 554 g/mol. The van der Waals surface area contributed by atoms with Crippen molar-refractivity contribution >= 4 is 28.6 Å². The van der Waals surface area contributed by atoms with E-state index in [1.165, 1.54) is 5.56 Å². The number of carbonyl (C=O) groups is 1. The zero-order chi connectivity index (χ0) is 30.8. The van der Waals surface area contributed by atoms with Crippen LogP contribution in [0.4, 0.5) is 0 Å². The van der Waals surface area contributed by atoms with Gasteiger partial charge >= 0.3 is 5.97 Å². The highest BCUT2D eigenvalue weighted by molar-refractivity contribution is 8.00. The zero-order valence-corrected chi connectivity index (χ0v) is 26.7. The second-order valence-electron chi connectivity index (χ2n) is 13.0. The minimum atomic E-state index is -0.942. The summed E-state index contributed by atoms with van der Waals surface area (Å²) in [7, 11) is 0. The van der Waals surface area contributed by atoms with Gasteiger partial charge in [0.25, 0.3) is 0 Å². The van der Waals surface area contributed by atoms with Crippen molar-refractivity contribution in [3.63, 3.8) is 0 Å². The minimum absolute atomic E-state index is 0.0852. The summed E-state index contributed by atoms with van der Waals surface area (Å²) in [5.41, 5.74) is 4.08. The van der Waals surface area contributed by atoms with Crippen LogP contribution in [0.2, 0.25) is 0 Å². The molecule has 0 saturated heterocycles. The Kier molecular flexibility index (Phi) is 8.48. The van der Waals surface area contributed by atoms with Gasteiger partial charge in [-0.3, -0.25) is 9.78 Å². The van der Waals surface area contributed by atoms with E-state index < -0.39 is 11.4 Å². The van der Waals surface area contributed by atoms with E-state index in [2.05, 4.69) is 91.1 Å². The molecule has 0 spiro atoms. The van der Waals surface area contributed by atoms with Gasteiger partial charge in [0, 0.05) is 45.4 Å². The molecule has 3 heterocycles. The Hall–Kier alpha value is -3.97. The van der Waals surface area contributed by atoms with Gasteiger partial charge in [-0.2, -0.15) is 0 Å². The third-order valence-corrected chi connectivity index (χ3v) is 8.99. The smallest absolute Gasteiger partial charge is 0.309 e. The van der Waals surface area contributed by atoms with Gasteiger partial charge in [0.1, 0.15) is 12.4 Å². The molecule has 0 aliphatic carbocycles. The molecule has 0 amide bonds. The molecule has 0 radical (unpaired) electrons. The predicted octanol–water partition coefficient (Wildman–Crippen LogP) is 8.10. The third-order valence-electron chi connectivity index (χ3n) is 7.72. The van der Waals surface area contributed by atoms with E-state index in [1.807, 2.05) is 36.5 Å². The molecule has 1 aliphatic heterocycles. The number of aliphatic carboxylic acids is 1. The fourth-order valence-corrected chi connectivity index (χ4v) is 6.43. The molecule has 1 aliphatic rings. The number of aromatic nitrogens is 2. The second kappa shape index (κ2) is 12.0. The number of pyridine rings is 1. The molecule has 0 fully saturated rings. The number of dihydropyridines is 1. The lowest BCUT2D eigenvalue weighted by atomic mass is 9.88. The van der Waals surface area contributed by atoms with Crippen LogP contribution in [-0.2, 0) is 29.9 Å². The molecule has 2 aromatic carbocycles. The fraction of sp³-hybridized carbons (Fsp3) is 0.333. The lowest BCUT2D eigenvalue weighted by Gasteiger charge is -2.29. The van der Waals surface area contributed by atoms with E-state index in [9.17, 15) is 9.90 Å². The first-order valence-electron chi connectivity index (χ1n) is 14.7. The van der Waals surface area contributed by atoms with Gasteiger partial charge in [0.2, 0.25) is 0 Å². The molecule has 1 unspecified atom stereocenters. The molecular formula is C36H41N3O3S. The highest BCUT2D eigenvalue weighted by atomic mass is 32.2. The summed E-state index contributed by atoms with van der Waals surface area (Å²) in [6.07, 6.45) is 10.4. The van der Waals surface area contributed by atoms with E-state index in [-0.39, 0.29) is 10.3 Å². The molecule has 5 rings (SSSR count). The van der Waals surface area contributed by atoms with E-state index in [4.69, 9.17) is 4.74 Å². The van der Waals surface area contributed by atoms with E-state index >= 15 is 0 Å². The maximum absolute atomic E-state index is 12.3. The average molecular weight is 596 g/mol. The summed E-state index contributed by atoms with van der Waals surface area (Å²) in [5.74, 6) is -0.0510. The fourth-order valence-electron chi connectivity index (χ4n) is 5.25. The van der Waals surface area contributed by atoms with Crippen molar-refractivity contribution in [2.24, 2.45) is 5.41 Å². The maximum atomic E-state index is 12.3. The Morgan fingerprint density at radius 3 is 2.44 bits per heavy atom. The standard InChI is InChI=1S/C36H41N3O3S/c1-34(2,3)43-32-29-21-28(42-24-27-11-7-9-19-37-27)16-17-30(29)39(31(32)22-35(4,5)33(40)41)23-25-12-14-26(15-13-25)36(6)18-8-10-20-38-36/h7-21,38H,22-24H2,1-6H3,(H,40,41). The minimum Gasteiger partial charge on any atom is -0.487 e. The van der Waals surface area contributed by atoms with Gasteiger partial charge in [-0.1, -0.05) is 63.3 Å². The molecule has 1 atom stereocenters. The third kappa shape index (κ3) is 6.99. The van der Waals surface area contributed by atoms with E-state index in [0.717, 1.165) is 38.5 Å². The number of carboxylic acid groups (broad SMARTS) is 1. The van der Waals surface area contributed by atoms with Crippen molar-refractivity contribution in [2.45, 2.75) is 76.3 Å². The number of rotatable bonds is 10. The van der Waals surface area contributed by atoms with Gasteiger partial charge in [-0.25, -0.2) is 0 Å². The van der Waals surface area contributed by atoms with Gasteiger partial charge < -0.3 is 19.7 Å². The lowest BCUT2D eigenvalue weighted by molar-refractivity contribution is -0.146. The number of nitrogens with one attached hydrogen (secondary N) is 1. The maximum Gasteiger partial charge on any atom is 0.309 e. The van der Waals surface area contributed by atoms with E-state index in [1.54, 1.807) is 31.8 Å². The Balaban J connectivity index is 1.58. The molecule has 43 heavy (non-hydrogen) atoms. The van der Waals surface area contributed by atoms with Crippen LogP contribution in [0.3, 0.4) is 0 Å². The van der Waals surface area contributed by atoms with Crippen molar-refractivity contribution in [1.29, 1.82) is 0 Å². The van der Waals surface area contributed by atoms with Gasteiger partial charge in [-0.05, 0) is 74.5 Å².